The maximum absolute atomic E-state index is 12.2. The third-order valence-corrected chi connectivity index (χ3v) is 4.08. The molecular weight excluding hydrogens is 378 g/mol. The van der Waals surface area contributed by atoms with Gasteiger partial charge in [0.25, 0.3) is 0 Å². The fourth-order valence-corrected chi connectivity index (χ4v) is 2.70. The molecule has 0 aliphatic carbocycles. The Morgan fingerprint density at radius 2 is 1.47 bits per heavy atom. The van der Waals surface area contributed by atoms with E-state index in [1.807, 2.05) is 79.7 Å². The fraction of sp³-hybridized carbons (Fsp3) is 0.160. The van der Waals surface area contributed by atoms with Crippen LogP contribution >= 0.6 is 0 Å². The van der Waals surface area contributed by atoms with Crippen molar-refractivity contribution >= 4 is 17.7 Å². The number of hydrogen-bond donors (Lipinski definition) is 1. The van der Waals surface area contributed by atoms with Crippen molar-refractivity contribution in [3.63, 3.8) is 0 Å². The summed E-state index contributed by atoms with van der Waals surface area (Å²) in [6.07, 6.45) is 3.25. The van der Waals surface area contributed by atoms with Crippen molar-refractivity contribution in [1.29, 1.82) is 0 Å². The third-order valence-electron chi connectivity index (χ3n) is 4.08. The van der Waals surface area contributed by atoms with E-state index in [2.05, 4.69) is 5.32 Å². The Morgan fingerprint density at radius 1 is 0.800 bits per heavy atom. The molecule has 3 rings (SSSR count). The van der Waals surface area contributed by atoms with Gasteiger partial charge in [-0.05, 0) is 55.0 Å². The lowest BCUT2D eigenvalue weighted by molar-refractivity contribution is -0.111. The van der Waals surface area contributed by atoms with Gasteiger partial charge in [-0.2, -0.15) is 0 Å². The summed E-state index contributed by atoms with van der Waals surface area (Å²) in [7, 11) is 0. The van der Waals surface area contributed by atoms with Crippen molar-refractivity contribution in [1.82, 2.24) is 0 Å². The highest BCUT2D eigenvalue weighted by atomic mass is 16.5. The number of para-hydroxylation sites is 1. The van der Waals surface area contributed by atoms with Crippen LogP contribution in [0, 0.1) is 0 Å². The molecule has 5 heteroatoms. The highest BCUT2D eigenvalue weighted by Crippen LogP contribution is 2.18. The zero-order valence-corrected chi connectivity index (χ0v) is 16.9. The van der Waals surface area contributed by atoms with Gasteiger partial charge in [0.2, 0.25) is 5.91 Å². The number of anilines is 1. The zero-order chi connectivity index (χ0) is 21.0. The highest BCUT2D eigenvalue weighted by Gasteiger charge is 2.01. The first-order valence-corrected chi connectivity index (χ1v) is 9.85. The van der Waals surface area contributed by atoms with E-state index in [1.54, 1.807) is 12.1 Å². The second kappa shape index (κ2) is 11.3. The van der Waals surface area contributed by atoms with Gasteiger partial charge in [0.1, 0.15) is 30.5 Å². The normalized spacial score (nSPS) is 10.6. The molecule has 0 unspecified atom stereocenters. The summed E-state index contributed by atoms with van der Waals surface area (Å²) < 4.78 is 16.7. The summed E-state index contributed by atoms with van der Waals surface area (Å²) in [5.74, 6) is 2.07. The van der Waals surface area contributed by atoms with Crippen LogP contribution in [0.5, 0.6) is 17.2 Å². The Hall–Kier alpha value is -3.73. The number of ether oxygens (including phenoxy) is 3. The Morgan fingerprint density at radius 3 is 2.20 bits per heavy atom. The molecule has 5 nitrogen and oxygen atoms in total. The number of rotatable bonds is 10. The molecule has 0 heterocycles. The van der Waals surface area contributed by atoms with E-state index in [0.717, 1.165) is 17.1 Å². The SMILES string of the molecule is CCOc1ccc(/C=C/C(=O)Nc2cccc(OCCOc3ccccc3)c2)cc1. The highest BCUT2D eigenvalue weighted by molar-refractivity contribution is 6.02. The van der Waals surface area contributed by atoms with Crippen molar-refractivity contribution in [3.8, 4) is 17.2 Å². The first kappa shape index (κ1) is 21.0. The van der Waals surface area contributed by atoms with Crippen molar-refractivity contribution in [3.05, 3.63) is 90.5 Å². The summed E-state index contributed by atoms with van der Waals surface area (Å²) in [6, 6.07) is 24.4. The second-order valence-corrected chi connectivity index (χ2v) is 6.36. The first-order chi connectivity index (χ1) is 14.7. The number of nitrogens with one attached hydrogen (secondary N) is 1. The zero-order valence-electron chi connectivity index (χ0n) is 16.9. The van der Waals surface area contributed by atoms with Crippen LogP contribution in [0.1, 0.15) is 12.5 Å². The van der Waals surface area contributed by atoms with Gasteiger partial charge in [0.05, 0.1) is 6.61 Å². The summed E-state index contributed by atoms with van der Waals surface area (Å²) in [5.41, 5.74) is 1.59. The van der Waals surface area contributed by atoms with Gasteiger partial charge in [0.15, 0.2) is 0 Å². The molecule has 3 aromatic rings. The lowest BCUT2D eigenvalue weighted by atomic mass is 10.2. The smallest absolute Gasteiger partial charge is 0.248 e. The quantitative estimate of drug-likeness (QED) is 0.374. The van der Waals surface area contributed by atoms with E-state index in [9.17, 15) is 4.79 Å². The predicted molar refractivity (Wildman–Crippen MR) is 119 cm³/mol. The number of hydrogen-bond acceptors (Lipinski definition) is 4. The molecule has 1 N–H and O–H groups in total. The van der Waals surface area contributed by atoms with E-state index in [0.29, 0.717) is 31.3 Å². The molecule has 1 amide bonds. The lowest BCUT2D eigenvalue weighted by Gasteiger charge is -2.09. The van der Waals surface area contributed by atoms with E-state index in [-0.39, 0.29) is 5.91 Å². The van der Waals surface area contributed by atoms with Gasteiger partial charge < -0.3 is 19.5 Å². The minimum Gasteiger partial charge on any atom is -0.494 e. The molecule has 154 valence electrons. The molecule has 0 spiro atoms. The molecule has 0 fully saturated rings. The van der Waals surface area contributed by atoms with E-state index in [1.165, 1.54) is 6.08 Å². The average Bonchev–Trinajstić information content (AvgIpc) is 2.77. The van der Waals surface area contributed by atoms with Gasteiger partial charge in [-0.25, -0.2) is 0 Å². The maximum atomic E-state index is 12.2. The van der Waals surface area contributed by atoms with Crippen LogP contribution in [0.3, 0.4) is 0 Å². The van der Waals surface area contributed by atoms with Crippen molar-refractivity contribution < 1.29 is 19.0 Å². The lowest BCUT2D eigenvalue weighted by Crippen LogP contribution is -2.10. The largest absolute Gasteiger partial charge is 0.494 e. The topological polar surface area (TPSA) is 56.8 Å². The Labute approximate surface area is 176 Å². The van der Waals surface area contributed by atoms with E-state index < -0.39 is 0 Å². The van der Waals surface area contributed by atoms with Crippen LogP contribution in [-0.2, 0) is 4.79 Å². The molecule has 0 atom stereocenters. The van der Waals surface area contributed by atoms with Crippen LogP contribution in [0.2, 0.25) is 0 Å². The van der Waals surface area contributed by atoms with Crippen LogP contribution < -0.4 is 19.5 Å². The van der Waals surface area contributed by atoms with Gasteiger partial charge in [-0.1, -0.05) is 36.4 Å². The fourth-order valence-electron chi connectivity index (χ4n) is 2.70. The molecule has 0 saturated heterocycles. The summed E-state index contributed by atoms with van der Waals surface area (Å²) in [5, 5.41) is 2.84. The summed E-state index contributed by atoms with van der Waals surface area (Å²) >= 11 is 0. The third kappa shape index (κ3) is 7.02. The number of amides is 1. The van der Waals surface area contributed by atoms with E-state index in [4.69, 9.17) is 14.2 Å². The summed E-state index contributed by atoms with van der Waals surface area (Å²) in [6.45, 7) is 3.41. The van der Waals surface area contributed by atoms with Crippen LogP contribution in [-0.4, -0.2) is 25.7 Å². The van der Waals surface area contributed by atoms with Crippen molar-refractivity contribution in [2.75, 3.05) is 25.1 Å². The minimum absolute atomic E-state index is 0.214. The van der Waals surface area contributed by atoms with Gasteiger partial charge in [-0.3, -0.25) is 4.79 Å². The molecule has 0 saturated carbocycles. The van der Waals surface area contributed by atoms with Crippen LogP contribution in [0.15, 0.2) is 84.9 Å². The van der Waals surface area contributed by atoms with Crippen molar-refractivity contribution in [2.45, 2.75) is 6.92 Å². The number of carbonyl (C=O) groups is 1. The second-order valence-electron chi connectivity index (χ2n) is 6.36. The molecule has 0 bridgehead atoms. The standard InChI is InChI=1S/C25H25NO4/c1-2-28-23-14-11-20(12-15-23)13-16-25(27)26-21-7-6-10-24(19-21)30-18-17-29-22-8-4-3-5-9-22/h3-16,19H,2,17-18H2,1H3,(H,26,27)/b16-13+. The number of benzene rings is 3. The molecule has 30 heavy (non-hydrogen) atoms. The first-order valence-electron chi connectivity index (χ1n) is 9.85. The molecule has 0 aromatic heterocycles. The summed E-state index contributed by atoms with van der Waals surface area (Å²) in [4.78, 5) is 12.2. The predicted octanol–water partition coefficient (Wildman–Crippen LogP) is 5.20. The average molecular weight is 403 g/mol. The van der Waals surface area contributed by atoms with Gasteiger partial charge in [0, 0.05) is 17.8 Å². The molecule has 0 radical (unpaired) electrons. The molecule has 0 aliphatic rings. The van der Waals surface area contributed by atoms with Gasteiger partial charge >= 0.3 is 0 Å². The van der Waals surface area contributed by atoms with E-state index >= 15 is 0 Å². The minimum atomic E-state index is -0.214. The van der Waals surface area contributed by atoms with Crippen LogP contribution in [0.4, 0.5) is 5.69 Å². The Bertz CT molecular complexity index is 952. The maximum Gasteiger partial charge on any atom is 0.248 e. The van der Waals surface area contributed by atoms with Crippen LogP contribution in [0.25, 0.3) is 6.08 Å². The molecule has 3 aromatic carbocycles. The van der Waals surface area contributed by atoms with Gasteiger partial charge in [-0.15, -0.1) is 0 Å². The number of carbonyl (C=O) groups excluding carboxylic acids is 1. The Kier molecular flexibility index (Phi) is 7.92. The molecule has 0 aliphatic heterocycles. The van der Waals surface area contributed by atoms with Crippen molar-refractivity contribution in [2.24, 2.45) is 0 Å². The molecular formula is C25H25NO4. The Balaban J connectivity index is 1.46. The monoisotopic (exact) mass is 403 g/mol.